The maximum atomic E-state index is 12.4. The van der Waals surface area contributed by atoms with E-state index in [1.165, 1.54) is 18.4 Å². The molecule has 2 saturated carbocycles. The first kappa shape index (κ1) is 17.2. The molecular weight excluding hydrogens is 354 g/mol. The van der Waals surface area contributed by atoms with Crippen LogP contribution < -0.4 is 5.32 Å². The molecule has 2 aliphatic carbocycles. The van der Waals surface area contributed by atoms with Gasteiger partial charge in [-0.3, -0.25) is 4.79 Å². The number of benzene rings is 1. The maximum Gasteiger partial charge on any atom is 0.315 e. The maximum absolute atomic E-state index is 12.4. The number of aromatic nitrogens is 2. The summed E-state index contributed by atoms with van der Waals surface area (Å²) in [5.74, 6) is 1.27. The van der Waals surface area contributed by atoms with Crippen LogP contribution in [-0.4, -0.2) is 40.6 Å². The normalized spacial score (nSPS) is 24.6. The van der Waals surface area contributed by atoms with Crippen LogP contribution in [0, 0.1) is 16.7 Å². The molecule has 1 N–H and O–H groups in total. The molecule has 1 spiro atoms. The van der Waals surface area contributed by atoms with Gasteiger partial charge in [-0.25, -0.2) is 0 Å². The third kappa shape index (κ3) is 3.35. The lowest BCUT2D eigenvalue weighted by Gasteiger charge is -2.32. The number of nitriles is 1. The zero-order valence-electron chi connectivity index (χ0n) is 15.7. The molecule has 7 nitrogen and oxygen atoms in total. The molecule has 144 valence electrons. The molecule has 2 atom stereocenters. The Labute approximate surface area is 163 Å². The van der Waals surface area contributed by atoms with E-state index in [0.29, 0.717) is 28.8 Å². The van der Waals surface area contributed by atoms with E-state index in [0.717, 1.165) is 32.4 Å². The number of hydrogen-bond donors (Lipinski definition) is 1. The Bertz CT molecular complexity index is 915. The van der Waals surface area contributed by atoms with Gasteiger partial charge >= 0.3 is 6.01 Å². The smallest absolute Gasteiger partial charge is 0.315 e. The summed E-state index contributed by atoms with van der Waals surface area (Å²) in [6.07, 6.45) is 5.91. The fourth-order valence-electron chi connectivity index (χ4n) is 4.27. The van der Waals surface area contributed by atoms with Crippen LogP contribution >= 0.6 is 0 Å². The Morgan fingerprint density at radius 2 is 1.93 bits per heavy atom. The van der Waals surface area contributed by atoms with Gasteiger partial charge in [0.1, 0.15) is 0 Å². The summed E-state index contributed by atoms with van der Waals surface area (Å²) in [6.45, 7) is 1.92. The number of carbonyl (C=O) groups excluding carboxylic acids is 1. The Morgan fingerprint density at radius 1 is 1.18 bits per heavy atom. The topological polar surface area (TPSA) is 95.0 Å². The van der Waals surface area contributed by atoms with Crippen molar-refractivity contribution in [3.05, 3.63) is 41.3 Å². The minimum absolute atomic E-state index is 0.0946. The average Bonchev–Trinajstić information content (AvgIpc) is 3.65. The van der Waals surface area contributed by atoms with Crippen LogP contribution in [0.1, 0.15) is 61.0 Å². The fraction of sp³-hybridized carbons (Fsp3) is 0.524. The molecule has 5 rings (SSSR count). The zero-order valence-corrected chi connectivity index (χ0v) is 15.7. The van der Waals surface area contributed by atoms with E-state index in [1.54, 1.807) is 0 Å². The first-order chi connectivity index (χ1) is 13.7. The van der Waals surface area contributed by atoms with Crippen molar-refractivity contribution in [2.75, 3.05) is 25.0 Å². The predicted molar refractivity (Wildman–Crippen MR) is 102 cm³/mol. The molecule has 1 unspecified atom stereocenters. The summed E-state index contributed by atoms with van der Waals surface area (Å²) in [7, 11) is 0. The van der Waals surface area contributed by atoms with E-state index in [-0.39, 0.29) is 18.4 Å². The number of hydrogen-bond acceptors (Lipinski definition) is 6. The molecular formula is C21H23N5O2. The number of amides is 1. The van der Waals surface area contributed by atoms with Gasteiger partial charge in [-0.15, -0.1) is 5.10 Å². The van der Waals surface area contributed by atoms with Crippen LogP contribution in [0.25, 0.3) is 0 Å². The molecule has 1 aliphatic heterocycles. The van der Waals surface area contributed by atoms with E-state index < -0.39 is 0 Å². The predicted octanol–water partition coefficient (Wildman–Crippen LogP) is 3.03. The van der Waals surface area contributed by atoms with Gasteiger partial charge in [0.25, 0.3) is 0 Å². The first-order valence-electron chi connectivity index (χ1n) is 10.0. The second-order valence-corrected chi connectivity index (χ2v) is 8.36. The van der Waals surface area contributed by atoms with Crippen molar-refractivity contribution in [3.63, 3.8) is 0 Å². The van der Waals surface area contributed by atoms with Gasteiger partial charge < -0.3 is 14.6 Å². The minimum atomic E-state index is 0.0946. The van der Waals surface area contributed by atoms with Crippen molar-refractivity contribution >= 4 is 11.9 Å². The van der Waals surface area contributed by atoms with Crippen molar-refractivity contribution < 1.29 is 9.21 Å². The van der Waals surface area contributed by atoms with Gasteiger partial charge in [-0.1, -0.05) is 17.2 Å². The van der Waals surface area contributed by atoms with Crippen molar-refractivity contribution in [2.45, 2.75) is 43.9 Å². The number of rotatable bonds is 5. The van der Waals surface area contributed by atoms with Gasteiger partial charge in [0.15, 0.2) is 0 Å². The van der Waals surface area contributed by atoms with Crippen molar-refractivity contribution in [1.29, 1.82) is 5.26 Å². The van der Waals surface area contributed by atoms with Gasteiger partial charge in [0.2, 0.25) is 11.8 Å². The monoisotopic (exact) mass is 377 g/mol. The number of nitrogens with zero attached hydrogens (tertiary/aromatic N) is 4. The van der Waals surface area contributed by atoms with Crippen LogP contribution in [0.3, 0.4) is 0 Å². The molecule has 1 saturated heterocycles. The van der Waals surface area contributed by atoms with Crippen LogP contribution in [-0.2, 0) is 4.79 Å². The molecule has 2 aromatic rings. The minimum Gasteiger partial charge on any atom is -0.408 e. The quantitative estimate of drug-likeness (QED) is 0.861. The number of piperidine rings is 1. The van der Waals surface area contributed by atoms with Gasteiger partial charge in [-0.05, 0) is 61.1 Å². The first-order valence-corrected chi connectivity index (χ1v) is 10.0. The van der Waals surface area contributed by atoms with E-state index in [2.05, 4.69) is 21.6 Å². The Morgan fingerprint density at radius 3 is 2.61 bits per heavy atom. The van der Waals surface area contributed by atoms with E-state index >= 15 is 0 Å². The molecule has 0 radical (unpaired) electrons. The summed E-state index contributed by atoms with van der Waals surface area (Å²) in [5.41, 5.74) is 2.42. The highest BCUT2D eigenvalue weighted by Gasteiger charge is 2.45. The molecule has 3 aliphatic rings. The van der Waals surface area contributed by atoms with Crippen LogP contribution in [0.5, 0.6) is 0 Å². The van der Waals surface area contributed by atoms with Gasteiger partial charge in [0.05, 0.1) is 18.2 Å². The largest absolute Gasteiger partial charge is 0.408 e. The Hall–Kier alpha value is -2.88. The second-order valence-electron chi connectivity index (χ2n) is 8.36. The highest BCUT2D eigenvalue weighted by Crippen LogP contribution is 2.54. The summed E-state index contributed by atoms with van der Waals surface area (Å²) < 4.78 is 5.73. The fourth-order valence-corrected chi connectivity index (χ4v) is 4.27. The second kappa shape index (κ2) is 6.62. The van der Waals surface area contributed by atoms with Crippen LogP contribution in [0.15, 0.2) is 28.7 Å². The van der Waals surface area contributed by atoms with Crippen molar-refractivity contribution in [2.24, 2.45) is 5.41 Å². The van der Waals surface area contributed by atoms with Crippen molar-refractivity contribution in [3.8, 4) is 6.07 Å². The van der Waals surface area contributed by atoms with Crippen LogP contribution in [0.2, 0.25) is 0 Å². The molecule has 3 fully saturated rings. The number of carbonyl (C=O) groups is 1. The Balaban J connectivity index is 1.13. The van der Waals surface area contributed by atoms with E-state index in [1.807, 2.05) is 29.2 Å². The lowest BCUT2D eigenvalue weighted by molar-refractivity contribution is -0.130. The molecule has 1 aromatic heterocycles. The molecule has 0 bridgehead atoms. The van der Waals surface area contributed by atoms with E-state index in [9.17, 15) is 4.79 Å². The lowest BCUT2D eigenvalue weighted by atomic mass is 9.94. The van der Waals surface area contributed by atoms with Crippen molar-refractivity contribution in [1.82, 2.24) is 15.1 Å². The lowest BCUT2D eigenvalue weighted by Crippen LogP contribution is -2.41. The zero-order chi connectivity index (χ0) is 19.1. The molecule has 7 heteroatoms. The Kier molecular flexibility index (Phi) is 4.08. The van der Waals surface area contributed by atoms with Gasteiger partial charge in [-0.2, -0.15) is 5.26 Å². The standard InChI is InChI=1S/C21H23N5O2/c22-12-14-1-3-15(4-2-14)16-11-17(16)19-24-25-20(28-19)23-13-18(27)26-9-7-21(5-6-21)8-10-26/h1-4,16-17H,5-11,13H2,(H,23,25)/t16-,17?/m0/s1. The molecule has 28 heavy (non-hydrogen) atoms. The highest BCUT2D eigenvalue weighted by molar-refractivity contribution is 5.80. The number of anilines is 1. The average molecular weight is 377 g/mol. The van der Waals surface area contributed by atoms with Crippen LogP contribution in [0.4, 0.5) is 6.01 Å². The highest BCUT2D eigenvalue weighted by atomic mass is 16.4. The van der Waals surface area contributed by atoms with Gasteiger partial charge in [0, 0.05) is 19.0 Å². The number of nitrogens with one attached hydrogen (secondary N) is 1. The summed E-state index contributed by atoms with van der Waals surface area (Å²) in [6, 6.07) is 10.1. The molecule has 2 heterocycles. The van der Waals surface area contributed by atoms with E-state index in [4.69, 9.17) is 9.68 Å². The molecule has 1 amide bonds. The molecule has 1 aromatic carbocycles. The number of likely N-dealkylation sites (tertiary alicyclic amines) is 1. The third-order valence-electron chi connectivity index (χ3n) is 6.54. The summed E-state index contributed by atoms with van der Waals surface area (Å²) in [4.78, 5) is 14.3. The summed E-state index contributed by atoms with van der Waals surface area (Å²) >= 11 is 0. The third-order valence-corrected chi connectivity index (χ3v) is 6.54. The summed E-state index contributed by atoms with van der Waals surface area (Å²) in [5, 5.41) is 20.1. The SMILES string of the molecule is N#Cc1ccc([C@@H]2CC2c2nnc(NCC(=O)N3CCC4(CC3)CC4)o2)cc1.